The lowest BCUT2D eigenvalue weighted by atomic mass is 9.83. The Kier molecular flexibility index (Phi) is 9.76. The number of amides is 3. The summed E-state index contributed by atoms with van der Waals surface area (Å²) in [7, 11) is 0. The van der Waals surface area contributed by atoms with Gasteiger partial charge >= 0.3 is 12.2 Å². The van der Waals surface area contributed by atoms with E-state index >= 15 is 0 Å². The van der Waals surface area contributed by atoms with Crippen molar-refractivity contribution in [2.45, 2.75) is 76.9 Å². The van der Waals surface area contributed by atoms with E-state index in [2.05, 4.69) is 4.98 Å². The molecule has 2 bridgehead atoms. The van der Waals surface area contributed by atoms with Crippen molar-refractivity contribution in [3.8, 4) is 0 Å². The average molecular weight is 668 g/mol. The van der Waals surface area contributed by atoms with Crippen LogP contribution in [-0.2, 0) is 27.4 Å². The first-order valence-electron chi connectivity index (χ1n) is 14.5. The highest BCUT2D eigenvalue weighted by Crippen LogP contribution is 2.43. The molecule has 0 radical (unpaired) electrons. The van der Waals surface area contributed by atoms with E-state index in [1.54, 1.807) is 44.0 Å². The highest BCUT2D eigenvalue weighted by Gasteiger charge is 2.50. The number of halogens is 2. The van der Waals surface area contributed by atoms with Crippen LogP contribution in [0.2, 0.25) is 10.0 Å². The maximum Gasteiger partial charge on any atom is 0.410 e. The second-order valence-electron chi connectivity index (χ2n) is 12.1. The summed E-state index contributed by atoms with van der Waals surface area (Å²) in [5, 5.41) is 20.8. The van der Waals surface area contributed by atoms with Gasteiger partial charge in [0.1, 0.15) is 10.6 Å². The number of carbonyl (C=O) groups is 3. The van der Waals surface area contributed by atoms with E-state index in [1.807, 2.05) is 6.07 Å². The van der Waals surface area contributed by atoms with Gasteiger partial charge in [-0.1, -0.05) is 35.3 Å². The number of rotatable bonds is 9. The van der Waals surface area contributed by atoms with Gasteiger partial charge in [0.05, 0.1) is 46.8 Å². The largest absolute Gasteiger partial charge is 0.465 e. The number of carboxylic acid groups (broad SMARTS) is 1. The second-order valence-corrected chi connectivity index (χ2v) is 14.0. The predicted molar refractivity (Wildman–Crippen MR) is 166 cm³/mol. The zero-order valence-electron chi connectivity index (χ0n) is 24.8. The Bertz CT molecular complexity index is 1450. The highest BCUT2D eigenvalue weighted by molar-refractivity contribution is 7.12. The number of aromatic nitrogens is 1. The first kappa shape index (κ1) is 32.5. The monoisotopic (exact) mass is 666 g/mol. The van der Waals surface area contributed by atoms with Gasteiger partial charge < -0.3 is 29.5 Å². The number of ether oxygens (including phenoxy) is 2. The van der Waals surface area contributed by atoms with E-state index in [-0.39, 0.29) is 57.8 Å². The summed E-state index contributed by atoms with van der Waals surface area (Å²) in [6, 6.07) is 3.71. The Morgan fingerprint density at radius 1 is 1.18 bits per heavy atom. The quantitative estimate of drug-likeness (QED) is 0.346. The molecule has 2 aromatic rings. The van der Waals surface area contributed by atoms with Crippen LogP contribution in [0.25, 0.3) is 5.57 Å². The molecule has 11 nitrogen and oxygen atoms in total. The fraction of sp³-hybridized carbons (Fsp3) is 0.533. The molecule has 1 aromatic carbocycles. The minimum absolute atomic E-state index is 0.0377. The molecule has 5 rings (SSSR count). The van der Waals surface area contributed by atoms with Crippen molar-refractivity contribution in [2.75, 3.05) is 26.3 Å². The molecule has 3 heterocycles. The topological polar surface area (TPSA) is 133 Å². The van der Waals surface area contributed by atoms with Crippen molar-refractivity contribution in [1.82, 2.24) is 19.7 Å². The number of aliphatic hydroxyl groups is 1. The smallest absolute Gasteiger partial charge is 0.410 e. The van der Waals surface area contributed by atoms with Crippen LogP contribution in [-0.4, -0.2) is 98.0 Å². The number of benzene rings is 1. The van der Waals surface area contributed by atoms with E-state index in [0.717, 1.165) is 17.7 Å². The number of hydrogen-bond donors (Lipinski definition) is 2. The lowest BCUT2D eigenvalue weighted by molar-refractivity contribution is -0.129. The van der Waals surface area contributed by atoms with Crippen molar-refractivity contribution in [1.29, 1.82) is 0 Å². The Morgan fingerprint density at radius 2 is 1.93 bits per heavy atom. The summed E-state index contributed by atoms with van der Waals surface area (Å²) in [4.78, 5) is 50.4. The van der Waals surface area contributed by atoms with Crippen LogP contribution < -0.4 is 0 Å². The maximum absolute atomic E-state index is 14.7. The molecule has 14 heteroatoms. The third-order valence-electron chi connectivity index (χ3n) is 7.69. The first-order chi connectivity index (χ1) is 20.9. The molecular weight excluding hydrogens is 631 g/mol. The molecule has 1 saturated carbocycles. The van der Waals surface area contributed by atoms with E-state index in [4.69, 9.17) is 37.8 Å². The number of carbonyl (C=O) groups excluding carboxylic acids is 2. The van der Waals surface area contributed by atoms with Crippen molar-refractivity contribution >= 4 is 58.2 Å². The lowest BCUT2D eigenvalue weighted by Crippen LogP contribution is -2.65. The Labute approximate surface area is 269 Å². The number of aliphatic hydroxyl groups excluding tert-OH is 1. The zero-order valence-corrected chi connectivity index (χ0v) is 27.1. The third-order valence-corrected chi connectivity index (χ3v) is 9.58. The molecule has 1 aliphatic carbocycles. The molecule has 2 N–H and O–H groups in total. The van der Waals surface area contributed by atoms with Crippen molar-refractivity contribution in [2.24, 2.45) is 0 Å². The van der Waals surface area contributed by atoms with Crippen molar-refractivity contribution in [3.05, 3.63) is 55.5 Å². The van der Waals surface area contributed by atoms with Crippen molar-refractivity contribution in [3.63, 3.8) is 0 Å². The van der Waals surface area contributed by atoms with Gasteiger partial charge in [-0.2, -0.15) is 0 Å². The summed E-state index contributed by atoms with van der Waals surface area (Å²) in [6.07, 6.45) is 1.78. The van der Waals surface area contributed by atoms with E-state index in [0.29, 0.717) is 31.8 Å². The van der Waals surface area contributed by atoms with Crippen LogP contribution in [0.4, 0.5) is 9.59 Å². The molecule has 0 spiro atoms. The van der Waals surface area contributed by atoms with Crippen LogP contribution in [0, 0.1) is 0 Å². The SMILES string of the molecule is CC(C)(C)OC(=O)N1CC2CC(c3cnc(COCCO)s3)=C(C(=O)N(Cc3cccc(Cl)c3Cl)C3CC3)[C@@H](C1)N2C(=O)O. The minimum Gasteiger partial charge on any atom is -0.465 e. The van der Waals surface area contributed by atoms with Crippen molar-refractivity contribution < 1.29 is 34.1 Å². The van der Waals surface area contributed by atoms with Crippen LogP contribution in [0.1, 0.15) is 55.5 Å². The normalized spacial score (nSPS) is 20.1. The number of piperazine rings is 1. The van der Waals surface area contributed by atoms with Gasteiger partial charge in [0, 0.05) is 37.4 Å². The summed E-state index contributed by atoms with van der Waals surface area (Å²) in [5.74, 6) is -0.314. The Hall–Kier alpha value is -2.90. The van der Waals surface area contributed by atoms with E-state index < -0.39 is 29.9 Å². The molecule has 1 aromatic heterocycles. The molecule has 2 aliphatic heterocycles. The molecule has 3 amide bonds. The van der Waals surface area contributed by atoms with E-state index in [1.165, 1.54) is 21.1 Å². The van der Waals surface area contributed by atoms with Gasteiger partial charge in [-0.15, -0.1) is 11.3 Å². The van der Waals surface area contributed by atoms with Gasteiger partial charge in [-0.3, -0.25) is 9.69 Å². The second kappa shape index (κ2) is 13.2. The average Bonchev–Trinajstić information content (AvgIpc) is 3.68. The Morgan fingerprint density at radius 3 is 2.59 bits per heavy atom. The van der Waals surface area contributed by atoms with E-state index in [9.17, 15) is 19.5 Å². The summed E-state index contributed by atoms with van der Waals surface area (Å²) < 4.78 is 11.1. The van der Waals surface area contributed by atoms with Gasteiger partial charge in [-0.05, 0) is 57.2 Å². The molecule has 1 unspecified atom stereocenters. The first-order valence-corrected chi connectivity index (χ1v) is 16.0. The number of thiazole rings is 1. The number of nitrogens with zero attached hydrogens (tertiary/aromatic N) is 4. The van der Waals surface area contributed by atoms with Gasteiger partial charge in [0.2, 0.25) is 0 Å². The van der Waals surface area contributed by atoms with Gasteiger partial charge in [0.15, 0.2) is 0 Å². The van der Waals surface area contributed by atoms with Crippen LogP contribution in [0.15, 0.2) is 30.0 Å². The number of hydrogen-bond acceptors (Lipinski definition) is 8. The highest BCUT2D eigenvalue weighted by atomic mass is 35.5. The summed E-state index contributed by atoms with van der Waals surface area (Å²) in [5.41, 5.74) is 0.963. The molecule has 3 aliphatic rings. The fourth-order valence-electron chi connectivity index (χ4n) is 5.68. The maximum atomic E-state index is 14.7. The molecular formula is C30H36Cl2N4O7S. The Balaban J connectivity index is 1.58. The van der Waals surface area contributed by atoms with Crippen LogP contribution in [0.3, 0.4) is 0 Å². The fourth-order valence-corrected chi connectivity index (χ4v) is 6.98. The molecule has 2 atom stereocenters. The number of fused-ring (bicyclic) bond motifs is 2. The molecule has 44 heavy (non-hydrogen) atoms. The predicted octanol–water partition coefficient (Wildman–Crippen LogP) is 5.28. The van der Waals surface area contributed by atoms with Gasteiger partial charge in [-0.25, -0.2) is 14.6 Å². The third kappa shape index (κ3) is 7.15. The molecule has 238 valence electrons. The summed E-state index contributed by atoms with van der Waals surface area (Å²) in [6.45, 7) is 5.85. The molecule has 2 fully saturated rings. The molecule has 1 saturated heterocycles. The standard InChI is InChI=1S/C30H36Cl2N4O7S/c1-30(2,3)43-29(41)34-14-19-11-20(23-12-33-24(44-23)16-42-10-9-37)25(22(15-34)36(19)28(39)40)27(38)35(18-7-8-18)13-17-5-4-6-21(31)26(17)32/h4-6,12,18-19,22,37H,7-11,13-16H2,1-3H3,(H,39,40)/t19?,22-/m1/s1. The van der Waals surface area contributed by atoms with Gasteiger partial charge in [0.25, 0.3) is 5.91 Å². The minimum atomic E-state index is -1.16. The summed E-state index contributed by atoms with van der Waals surface area (Å²) >= 11 is 14.2. The lowest BCUT2D eigenvalue weighted by Gasteiger charge is -2.50. The van der Waals surface area contributed by atoms with Crippen LogP contribution >= 0.6 is 34.5 Å². The van der Waals surface area contributed by atoms with Crippen LogP contribution in [0.5, 0.6) is 0 Å². The zero-order chi connectivity index (χ0) is 31.8.